The summed E-state index contributed by atoms with van der Waals surface area (Å²) in [7, 11) is 0. The minimum Gasteiger partial charge on any atom is -0.463 e. The Morgan fingerprint density at radius 1 is 0.818 bits per heavy atom. The van der Waals surface area contributed by atoms with Crippen molar-refractivity contribution in [3.05, 3.63) is 124 Å². The molecule has 14 nitrogen and oxygen atoms in total. The molecule has 0 spiro atoms. The second kappa shape index (κ2) is 16.0. The van der Waals surface area contributed by atoms with Gasteiger partial charge in [0.2, 0.25) is 11.8 Å². The second-order valence-electron chi connectivity index (χ2n) is 13.3. The monoisotopic (exact) mass is 740 g/mol. The lowest BCUT2D eigenvalue weighted by molar-refractivity contribution is -0.384. The standard InChI is InChI=1S/C41H36N6O8/c48-37-18-17-35(39(50)45-37)46-40(51)31-16-13-29(24-32(31)41(46)52)42-19-3-1-2-4-20-43-38(49)27-9-7-25(8-10-27)28-22-33(26-11-14-30(15-12-26)47(53)54)44-34(23-28)36-6-5-21-55-36/h5-16,21-24,35,42H,1-4,17-20H2,(H,43,49)(H,45,48,50). The number of hydrogen-bond acceptors (Lipinski definition) is 10. The van der Waals surface area contributed by atoms with Gasteiger partial charge in [0.15, 0.2) is 5.76 Å². The third-order valence-electron chi connectivity index (χ3n) is 9.61. The number of nitrogens with one attached hydrogen (secondary N) is 3. The number of piperidine rings is 1. The van der Waals surface area contributed by atoms with Crippen LogP contribution in [0.3, 0.4) is 0 Å². The lowest BCUT2D eigenvalue weighted by Crippen LogP contribution is -2.54. The molecule has 4 heterocycles. The van der Waals surface area contributed by atoms with E-state index in [-0.39, 0.29) is 35.6 Å². The molecule has 7 rings (SSSR count). The summed E-state index contributed by atoms with van der Waals surface area (Å²) in [4.78, 5) is 79.1. The number of nitro benzene ring substituents is 1. The Morgan fingerprint density at radius 2 is 1.53 bits per heavy atom. The van der Waals surface area contributed by atoms with Gasteiger partial charge >= 0.3 is 0 Å². The highest BCUT2D eigenvalue weighted by Crippen LogP contribution is 2.32. The largest absolute Gasteiger partial charge is 0.463 e. The van der Waals surface area contributed by atoms with Crippen LogP contribution in [0.5, 0.6) is 0 Å². The van der Waals surface area contributed by atoms with Gasteiger partial charge in [-0.25, -0.2) is 4.98 Å². The number of non-ortho nitro benzene ring substituents is 1. The highest BCUT2D eigenvalue weighted by Gasteiger charge is 2.44. The van der Waals surface area contributed by atoms with E-state index in [0.29, 0.717) is 47.1 Å². The lowest BCUT2D eigenvalue weighted by atomic mass is 10.00. The van der Waals surface area contributed by atoms with Crippen LogP contribution in [0.1, 0.15) is 69.6 Å². The minimum absolute atomic E-state index is 0.00901. The Balaban J connectivity index is 0.867. The van der Waals surface area contributed by atoms with Gasteiger partial charge in [0.05, 0.1) is 28.0 Å². The Morgan fingerprint density at radius 3 is 2.24 bits per heavy atom. The van der Waals surface area contributed by atoms with E-state index in [0.717, 1.165) is 41.7 Å². The number of rotatable bonds is 14. The van der Waals surface area contributed by atoms with Crippen molar-refractivity contribution in [3.63, 3.8) is 0 Å². The van der Waals surface area contributed by atoms with Gasteiger partial charge in [-0.1, -0.05) is 25.0 Å². The smallest absolute Gasteiger partial charge is 0.269 e. The number of carbonyl (C=O) groups excluding carboxylic acids is 5. The number of carbonyl (C=O) groups is 5. The molecule has 5 amide bonds. The Hall–Kier alpha value is -6.96. The van der Waals surface area contributed by atoms with E-state index >= 15 is 0 Å². The second-order valence-corrected chi connectivity index (χ2v) is 13.3. The van der Waals surface area contributed by atoms with E-state index in [1.165, 1.54) is 12.1 Å². The first-order valence-corrected chi connectivity index (χ1v) is 18.0. The molecule has 3 N–H and O–H groups in total. The zero-order chi connectivity index (χ0) is 38.5. The molecule has 5 aromatic rings. The fourth-order valence-corrected chi connectivity index (χ4v) is 6.68. The molecule has 1 unspecified atom stereocenters. The maximum absolute atomic E-state index is 13.1. The summed E-state index contributed by atoms with van der Waals surface area (Å²) in [6.45, 7) is 1.17. The van der Waals surface area contributed by atoms with Gasteiger partial charge in [-0.15, -0.1) is 0 Å². The highest BCUT2D eigenvalue weighted by atomic mass is 16.6. The minimum atomic E-state index is -1.000. The molecular weight excluding hydrogens is 704 g/mol. The van der Waals surface area contributed by atoms with Crippen LogP contribution >= 0.6 is 0 Å². The number of anilines is 1. The van der Waals surface area contributed by atoms with Crippen molar-refractivity contribution < 1.29 is 33.3 Å². The zero-order valence-electron chi connectivity index (χ0n) is 29.6. The summed E-state index contributed by atoms with van der Waals surface area (Å²) in [6.07, 6.45) is 5.20. The maximum Gasteiger partial charge on any atom is 0.269 e. The predicted molar refractivity (Wildman–Crippen MR) is 202 cm³/mol. The van der Waals surface area contributed by atoms with Crippen molar-refractivity contribution in [2.75, 3.05) is 18.4 Å². The molecule has 0 aliphatic carbocycles. The van der Waals surface area contributed by atoms with Crippen LogP contribution in [-0.2, 0) is 9.59 Å². The average Bonchev–Trinajstić information content (AvgIpc) is 3.82. The molecule has 1 saturated heterocycles. The number of nitrogens with zero attached hydrogens (tertiary/aromatic N) is 3. The first-order chi connectivity index (χ1) is 26.7. The number of furan rings is 1. The van der Waals surface area contributed by atoms with Crippen LogP contribution < -0.4 is 16.0 Å². The average molecular weight is 741 g/mol. The van der Waals surface area contributed by atoms with Crippen molar-refractivity contribution in [1.29, 1.82) is 0 Å². The molecule has 14 heteroatoms. The lowest BCUT2D eigenvalue weighted by Gasteiger charge is -2.27. The number of imide groups is 2. The molecule has 0 bridgehead atoms. The van der Waals surface area contributed by atoms with E-state index in [1.807, 2.05) is 30.3 Å². The third kappa shape index (κ3) is 8.03. The fourth-order valence-electron chi connectivity index (χ4n) is 6.68. The van der Waals surface area contributed by atoms with Crippen LogP contribution in [0, 0.1) is 10.1 Å². The van der Waals surface area contributed by atoms with E-state index in [1.54, 1.807) is 54.8 Å². The molecule has 2 aliphatic heterocycles. The summed E-state index contributed by atoms with van der Waals surface area (Å²) >= 11 is 0. The number of pyridine rings is 1. The molecule has 278 valence electrons. The molecule has 55 heavy (non-hydrogen) atoms. The third-order valence-corrected chi connectivity index (χ3v) is 9.61. The molecule has 1 fully saturated rings. The molecule has 3 aromatic carbocycles. The topological polar surface area (TPSA) is 194 Å². The van der Waals surface area contributed by atoms with Crippen molar-refractivity contribution in [2.45, 2.75) is 44.6 Å². The summed E-state index contributed by atoms with van der Waals surface area (Å²) in [5.74, 6) is -1.73. The number of nitro groups is 1. The number of amides is 5. The Kier molecular flexibility index (Phi) is 10.6. The molecule has 0 saturated carbocycles. The van der Waals surface area contributed by atoms with Crippen molar-refractivity contribution in [3.8, 4) is 33.8 Å². The van der Waals surface area contributed by atoms with Gasteiger partial charge in [0.1, 0.15) is 11.7 Å². The van der Waals surface area contributed by atoms with Crippen molar-refractivity contribution in [2.24, 2.45) is 0 Å². The Labute approximate surface area is 315 Å². The SMILES string of the molecule is O=C1CCC(N2C(=O)c3ccc(NCCCCCCNC(=O)c4ccc(-c5cc(-c6ccc([N+](=O)[O-])cc6)nc(-c6ccco6)c5)cc4)cc3C2=O)C(=O)N1. The van der Waals surface area contributed by atoms with Gasteiger partial charge in [-0.05, 0) is 97.1 Å². The molecule has 1 atom stereocenters. The number of hydrogen-bond donors (Lipinski definition) is 3. The number of unbranched alkanes of at least 4 members (excludes halogenated alkanes) is 3. The van der Waals surface area contributed by atoms with Gasteiger partial charge in [0, 0.05) is 48.5 Å². The van der Waals surface area contributed by atoms with Gasteiger partial charge in [-0.2, -0.15) is 0 Å². The van der Waals surface area contributed by atoms with Crippen LogP contribution in [0.15, 0.2) is 102 Å². The molecular formula is C41H36N6O8. The molecule has 2 aliphatic rings. The number of aromatic nitrogens is 1. The predicted octanol–water partition coefficient (Wildman–Crippen LogP) is 6.39. The van der Waals surface area contributed by atoms with Crippen LogP contribution in [0.2, 0.25) is 0 Å². The summed E-state index contributed by atoms with van der Waals surface area (Å²) < 4.78 is 5.59. The number of fused-ring (bicyclic) bond motifs is 1. The number of benzene rings is 3. The summed E-state index contributed by atoms with van der Waals surface area (Å²) in [5.41, 5.74) is 5.31. The van der Waals surface area contributed by atoms with E-state index in [2.05, 4.69) is 16.0 Å². The van der Waals surface area contributed by atoms with Crippen LogP contribution in [-0.4, -0.2) is 63.5 Å². The first-order valence-electron chi connectivity index (χ1n) is 18.0. The van der Waals surface area contributed by atoms with Crippen LogP contribution in [0.4, 0.5) is 11.4 Å². The van der Waals surface area contributed by atoms with Gasteiger partial charge in [-0.3, -0.25) is 44.3 Å². The van der Waals surface area contributed by atoms with E-state index in [9.17, 15) is 34.1 Å². The zero-order valence-corrected chi connectivity index (χ0v) is 29.6. The normalized spacial score (nSPS) is 15.1. The van der Waals surface area contributed by atoms with Gasteiger partial charge in [0.25, 0.3) is 23.4 Å². The maximum atomic E-state index is 13.1. The summed E-state index contributed by atoms with van der Waals surface area (Å²) in [5, 5.41) is 19.6. The molecule has 0 radical (unpaired) electrons. The fraction of sp³-hybridized carbons (Fsp3) is 0.220. The van der Waals surface area contributed by atoms with Crippen molar-refractivity contribution >= 4 is 40.9 Å². The quantitative estimate of drug-likeness (QED) is 0.0497. The van der Waals surface area contributed by atoms with Crippen molar-refractivity contribution in [1.82, 2.24) is 20.5 Å². The Bertz CT molecular complexity index is 2290. The van der Waals surface area contributed by atoms with E-state index < -0.39 is 34.6 Å². The summed E-state index contributed by atoms with van der Waals surface area (Å²) in [6, 6.07) is 24.8. The first kappa shape index (κ1) is 36.4. The van der Waals surface area contributed by atoms with Crippen LogP contribution in [0.25, 0.3) is 33.8 Å². The van der Waals surface area contributed by atoms with Gasteiger partial charge < -0.3 is 15.1 Å². The molecule has 2 aromatic heterocycles. The van der Waals surface area contributed by atoms with E-state index in [4.69, 9.17) is 9.40 Å². The highest BCUT2D eigenvalue weighted by molar-refractivity contribution is 6.23.